The van der Waals surface area contributed by atoms with Crippen LogP contribution in [0.4, 0.5) is 11.5 Å². The summed E-state index contributed by atoms with van der Waals surface area (Å²) in [7, 11) is 1.91. The molecule has 0 aliphatic heterocycles. The number of anilines is 1. The lowest BCUT2D eigenvalue weighted by Crippen LogP contribution is -2.05. The van der Waals surface area contributed by atoms with Gasteiger partial charge in [-0.3, -0.25) is 14.8 Å². The van der Waals surface area contributed by atoms with Gasteiger partial charge in [-0.25, -0.2) is 9.97 Å². The molecule has 0 aliphatic rings. The lowest BCUT2D eigenvalue weighted by atomic mass is 10.2. The minimum atomic E-state index is -0.417. The van der Waals surface area contributed by atoms with Crippen molar-refractivity contribution in [2.75, 3.05) is 5.32 Å². The Balaban J connectivity index is 1.85. The summed E-state index contributed by atoms with van der Waals surface area (Å²) in [4.78, 5) is 19.6. The van der Waals surface area contributed by atoms with Crippen LogP contribution in [-0.4, -0.2) is 24.7 Å². The number of hydrogen-bond donors (Lipinski definition) is 1. The molecule has 8 heteroatoms. The van der Waals surface area contributed by atoms with E-state index in [-0.39, 0.29) is 5.69 Å². The number of hydrogen-bond acceptors (Lipinski definition) is 6. The van der Waals surface area contributed by atoms with Gasteiger partial charge in [0.15, 0.2) is 5.82 Å². The summed E-state index contributed by atoms with van der Waals surface area (Å²) in [5.41, 5.74) is 3.89. The molecule has 2 heterocycles. The van der Waals surface area contributed by atoms with Gasteiger partial charge in [-0.2, -0.15) is 5.10 Å². The number of rotatable bonds is 7. The van der Waals surface area contributed by atoms with E-state index in [2.05, 4.69) is 27.3 Å². The third-order valence-corrected chi connectivity index (χ3v) is 4.26. The molecule has 3 rings (SSSR count). The average molecular weight is 366 g/mol. The van der Waals surface area contributed by atoms with Crippen molar-refractivity contribution in [3.8, 4) is 11.4 Å². The molecule has 1 aromatic carbocycles. The molecule has 0 fully saturated rings. The average Bonchev–Trinajstić information content (AvgIpc) is 3.05. The molecular weight excluding hydrogens is 344 g/mol. The summed E-state index contributed by atoms with van der Waals surface area (Å²) in [6.45, 7) is 4.73. The van der Waals surface area contributed by atoms with Gasteiger partial charge >= 0.3 is 0 Å². The zero-order chi connectivity index (χ0) is 19.4. The van der Waals surface area contributed by atoms with Gasteiger partial charge in [0.25, 0.3) is 5.69 Å². The molecule has 0 atom stereocenters. The molecule has 0 radical (unpaired) electrons. The van der Waals surface area contributed by atoms with E-state index in [1.54, 1.807) is 12.1 Å². The first-order chi connectivity index (χ1) is 13.0. The Labute approximate surface area is 157 Å². The summed E-state index contributed by atoms with van der Waals surface area (Å²) in [5, 5.41) is 18.6. The minimum Gasteiger partial charge on any atom is -0.366 e. The van der Waals surface area contributed by atoms with Crippen LogP contribution in [0.3, 0.4) is 0 Å². The van der Waals surface area contributed by atoms with Crippen LogP contribution in [0.5, 0.6) is 0 Å². The van der Waals surface area contributed by atoms with Gasteiger partial charge in [0, 0.05) is 54.8 Å². The van der Waals surface area contributed by atoms with E-state index in [9.17, 15) is 10.1 Å². The molecule has 0 unspecified atom stereocenters. The molecule has 2 aromatic heterocycles. The van der Waals surface area contributed by atoms with E-state index in [1.807, 2.05) is 30.9 Å². The summed E-state index contributed by atoms with van der Waals surface area (Å²) >= 11 is 0. The fraction of sp³-hybridized carbons (Fsp3) is 0.316. The monoisotopic (exact) mass is 366 g/mol. The van der Waals surface area contributed by atoms with Crippen LogP contribution in [0.25, 0.3) is 11.4 Å². The Bertz CT molecular complexity index is 949. The largest absolute Gasteiger partial charge is 0.366 e. The molecule has 0 saturated carbocycles. The van der Waals surface area contributed by atoms with Crippen molar-refractivity contribution in [1.82, 2.24) is 19.7 Å². The summed E-state index contributed by atoms with van der Waals surface area (Å²) in [6, 6.07) is 8.21. The number of nitro groups is 1. The second kappa shape index (κ2) is 7.94. The fourth-order valence-electron chi connectivity index (χ4n) is 2.85. The highest BCUT2D eigenvalue weighted by Gasteiger charge is 2.11. The first-order valence-corrected chi connectivity index (χ1v) is 8.88. The lowest BCUT2D eigenvalue weighted by molar-refractivity contribution is -0.384. The molecule has 0 saturated heterocycles. The van der Waals surface area contributed by atoms with Crippen LogP contribution in [0.1, 0.15) is 30.8 Å². The van der Waals surface area contributed by atoms with E-state index >= 15 is 0 Å². The molecule has 1 N–H and O–H groups in total. The summed E-state index contributed by atoms with van der Waals surface area (Å²) < 4.78 is 1.82. The number of aromatic nitrogens is 4. The molecular formula is C19H22N6O2. The third-order valence-electron chi connectivity index (χ3n) is 4.26. The maximum Gasteiger partial charge on any atom is 0.269 e. The van der Waals surface area contributed by atoms with E-state index in [0.717, 1.165) is 41.2 Å². The first kappa shape index (κ1) is 18.5. The highest BCUT2D eigenvalue weighted by atomic mass is 16.6. The van der Waals surface area contributed by atoms with Crippen molar-refractivity contribution in [2.24, 2.45) is 7.05 Å². The molecule has 0 spiro atoms. The smallest absolute Gasteiger partial charge is 0.269 e. The highest BCUT2D eigenvalue weighted by molar-refractivity contribution is 5.59. The Morgan fingerprint density at radius 2 is 1.89 bits per heavy atom. The standard InChI is InChI=1S/C19H22N6O2/c1-4-15-10-18(20-11-14-12-24(3)23-17(14)5-2)22-19(21-15)13-6-8-16(9-7-13)25(26)27/h6-10,12H,4-5,11H2,1-3H3,(H,20,21,22). The zero-order valence-corrected chi connectivity index (χ0v) is 15.6. The van der Waals surface area contributed by atoms with Crippen molar-refractivity contribution in [1.29, 1.82) is 0 Å². The first-order valence-electron chi connectivity index (χ1n) is 8.88. The van der Waals surface area contributed by atoms with Gasteiger partial charge in [0.1, 0.15) is 5.82 Å². The topological polar surface area (TPSA) is 98.8 Å². The number of aryl methyl sites for hydroxylation is 3. The number of nitro benzene ring substituents is 1. The van der Waals surface area contributed by atoms with Gasteiger partial charge in [-0.1, -0.05) is 13.8 Å². The molecule has 140 valence electrons. The summed E-state index contributed by atoms with van der Waals surface area (Å²) in [6.07, 6.45) is 3.64. The van der Waals surface area contributed by atoms with Crippen LogP contribution in [-0.2, 0) is 26.4 Å². The van der Waals surface area contributed by atoms with Crippen LogP contribution < -0.4 is 5.32 Å². The highest BCUT2D eigenvalue weighted by Crippen LogP contribution is 2.22. The fourth-order valence-corrected chi connectivity index (χ4v) is 2.85. The van der Waals surface area contributed by atoms with Crippen LogP contribution in [0, 0.1) is 10.1 Å². The maximum atomic E-state index is 10.8. The molecule has 0 bridgehead atoms. The van der Waals surface area contributed by atoms with Gasteiger partial charge in [-0.15, -0.1) is 0 Å². The van der Waals surface area contributed by atoms with E-state index in [4.69, 9.17) is 0 Å². The van der Waals surface area contributed by atoms with E-state index in [1.165, 1.54) is 12.1 Å². The quantitative estimate of drug-likeness (QED) is 0.507. The third kappa shape index (κ3) is 4.28. The van der Waals surface area contributed by atoms with Crippen molar-refractivity contribution in [3.63, 3.8) is 0 Å². The Morgan fingerprint density at radius 1 is 1.15 bits per heavy atom. The molecule has 3 aromatic rings. The molecule has 27 heavy (non-hydrogen) atoms. The van der Waals surface area contributed by atoms with E-state index in [0.29, 0.717) is 12.4 Å². The number of nitrogens with one attached hydrogen (secondary N) is 1. The van der Waals surface area contributed by atoms with Crippen molar-refractivity contribution >= 4 is 11.5 Å². The van der Waals surface area contributed by atoms with Crippen molar-refractivity contribution in [3.05, 3.63) is 63.6 Å². The van der Waals surface area contributed by atoms with Gasteiger partial charge < -0.3 is 5.32 Å². The van der Waals surface area contributed by atoms with Gasteiger partial charge in [0.05, 0.1) is 10.6 Å². The number of benzene rings is 1. The second-order valence-corrected chi connectivity index (χ2v) is 6.21. The zero-order valence-electron chi connectivity index (χ0n) is 15.6. The van der Waals surface area contributed by atoms with Crippen LogP contribution >= 0.6 is 0 Å². The van der Waals surface area contributed by atoms with Gasteiger partial charge in [-0.05, 0) is 25.0 Å². The summed E-state index contributed by atoms with van der Waals surface area (Å²) in [5.74, 6) is 1.27. The van der Waals surface area contributed by atoms with Crippen molar-refractivity contribution < 1.29 is 4.92 Å². The van der Waals surface area contributed by atoms with E-state index < -0.39 is 4.92 Å². The molecule has 0 aliphatic carbocycles. The van der Waals surface area contributed by atoms with Crippen LogP contribution in [0.15, 0.2) is 36.5 Å². The van der Waals surface area contributed by atoms with Gasteiger partial charge in [0.2, 0.25) is 0 Å². The van der Waals surface area contributed by atoms with Crippen LogP contribution in [0.2, 0.25) is 0 Å². The predicted octanol–water partition coefficient (Wildman–Crippen LogP) is 3.52. The number of non-ortho nitro benzene ring substituents is 1. The normalized spacial score (nSPS) is 10.8. The molecule has 0 amide bonds. The predicted molar refractivity (Wildman–Crippen MR) is 103 cm³/mol. The van der Waals surface area contributed by atoms with Crippen molar-refractivity contribution in [2.45, 2.75) is 33.2 Å². The second-order valence-electron chi connectivity index (χ2n) is 6.21. The Hall–Kier alpha value is -3.29. The Kier molecular flexibility index (Phi) is 5.44. The SMILES string of the molecule is CCc1cc(NCc2cn(C)nc2CC)nc(-c2ccc([N+](=O)[O-])cc2)n1. The molecule has 8 nitrogen and oxygen atoms in total. The number of nitrogens with zero attached hydrogens (tertiary/aromatic N) is 5. The Morgan fingerprint density at radius 3 is 2.52 bits per heavy atom. The lowest BCUT2D eigenvalue weighted by Gasteiger charge is -2.09. The minimum absolute atomic E-state index is 0.0485. The maximum absolute atomic E-state index is 10.8.